The second-order valence-electron chi connectivity index (χ2n) is 6.03. The third kappa shape index (κ3) is 0.755. The van der Waals surface area contributed by atoms with Gasteiger partial charge >= 0.3 is 0 Å². The Morgan fingerprint density at radius 3 is 3.11 bits per heavy atom. The molecule has 2 N–H and O–H groups in total. The van der Waals surface area contributed by atoms with Crippen molar-refractivity contribution < 1.29 is 0 Å². The van der Waals surface area contributed by atoms with E-state index in [1.54, 1.807) is 6.33 Å². The second-order valence-corrected chi connectivity index (χ2v) is 6.03. The van der Waals surface area contributed by atoms with Crippen LogP contribution in [-0.4, -0.2) is 39.6 Å². The van der Waals surface area contributed by atoms with Crippen LogP contribution in [-0.2, 0) is 0 Å². The summed E-state index contributed by atoms with van der Waals surface area (Å²) in [6.07, 6.45) is 4.85. The van der Waals surface area contributed by atoms with Crippen molar-refractivity contribution in [2.75, 3.05) is 18.0 Å². The fraction of sp³-hybridized carbons (Fsp3) is 0.538. The summed E-state index contributed by atoms with van der Waals surface area (Å²) in [5, 5.41) is 4.79. The third-order valence-corrected chi connectivity index (χ3v) is 5.44. The van der Waals surface area contributed by atoms with Crippen LogP contribution in [0.25, 0.3) is 11.0 Å². The summed E-state index contributed by atoms with van der Waals surface area (Å²) >= 11 is 0. The molecule has 0 bridgehead atoms. The Morgan fingerprint density at radius 2 is 2.39 bits per heavy atom. The van der Waals surface area contributed by atoms with Gasteiger partial charge in [0.1, 0.15) is 17.8 Å². The number of nitrogens with one attached hydrogen (secondary N) is 2. The van der Waals surface area contributed by atoms with Gasteiger partial charge in [0.2, 0.25) is 0 Å². The van der Waals surface area contributed by atoms with Crippen LogP contribution in [0.4, 0.5) is 5.82 Å². The molecule has 1 unspecified atom stereocenters. The number of rotatable bonds is 1. The molecule has 4 heterocycles. The predicted molar refractivity (Wildman–Crippen MR) is 68.5 cm³/mol. The monoisotopic (exact) mass is 241 g/mol. The Balaban J connectivity index is 1.66. The zero-order valence-corrected chi connectivity index (χ0v) is 10.3. The summed E-state index contributed by atoms with van der Waals surface area (Å²) in [6, 6.07) is 2.70. The summed E-state index contributed by atoms with van der Waals surface area (Å²) in [5.74, 6) is 1.10. The third-order valence-electron chi connectivity index (χ3n) is 5.44. The molecule has 1 spiro atoms. The molecule has 2 aromatic heterocycles. The lowest BCUT2D eigenvalue weighted by Gasteiger charge is -2.34. The molecule has 5 rings (SSSR count). The smallest absolute Gasteiger partial charge is 0.142 e. The van der Waals surface area contributed by atoms with E-state index >= 15 is 0 Å². The van der Waals surface area contributed by atoms with Crippen molar-refractivity contribution in [2.24, 2.45) is 5.41 Å². The Hall–Kier alpha value is -1.62. The van der Waals surface area contributed by atoms with Crippen molar-refractivity contribution in [1.29, 1.82) is 0 Å². The van der Waals surface area contributed by atoms with Crippen LogP contribution in [0.1, 0.15) is 13.3 Å². The number of H-pyrrole nitrogens is 1. The second kappa shape index (κ2) is 2.54. The number of piperidine rings is 1. The summed E-state index contributed by atoms with van der Waals surface area (Å²) in [6.45, 7) is 4.65. The van der Waals surface area contributed by atoms with Crippen LogP contribution in [0.3, 0.4) is 0 Å². The molecule has 2 saturated heterocycles. The van der Waals surface area contributed by atoms with Gasteiger partial charge in [-0.15, -0.1) is 0 Å². The first-order chi connectivity index (χ1) is 8.76. The number of hydrogen-bond donors (Lipinski definition) is 2. The zero-order valence-electron chi connectivity index (χ0n) is 10.3. The van der Waals surface area contributed by atoms with Gasteiger partial charge in [-0.05, 0) is 12.5 Å². The van der Waals surface area contributed by atoms with E-state index in [0.717, 1.165) is 29.9 Å². The lowest BCUT2D eigenvalue weighted by Crippen LogP contribution is -2.51. The first kappa shape index (κ1) is 9.33. The highest BCUT2D eigenvalue weighted by Gasteiger charge is 2.84. The molecule has 18 heavy (non-hydrogen) atoms. The van der Waals surface area contributed by atoms with E-state index < -0.39 is 0 Å². The van der Waals surface area contributed by atoms with Crippen molar-refractivity contribution >= 4 is 16.9 Å². The minimum absolute atomic E-state index is 0.389. The number of aromatic amines is 1. The largest absolute Gasteiger partial charge is 0.350 e. The molecule has 1 aliphatic carbocycles. The van der Waals surface area contributed by atoms with Gasteiger partial charge in [-0.3, -0.25) is 0 Å². The van der Waals surface area contributed by atoms with Crippen LogP contribution in [0.5, 0.6) is 0 Å². The Kier molecular flexibility index (Phi) is 1.32. The molecule has 5 nitrogen and oxygen atoms in total. The number of aromatic nitrogens is 3. The van der Waals surface area contributed by atoms with Crippen LogP contribution < -0.4 is 10.2 Å². The Labute approximate surface area is 105 Å². The highest BCUT2D eigenvalue weighted by atomic mass is 15.4. The van der Waals surface area contributed by atoms with Gasteiger partial charge in [-0.1, -0.05) is 6.92 Å². The molecule has 0 radical (unpaired) electrons. The average molecular weight is 241 g/mol. The van der Waals surface area contributed by atoms with Gasteiger partial charge in [-0.2, -0.15) is 0 Å². The normalized spacial score (nSPS) is 40.5. The standard InChI is InChI=1S/C13H15N5/c1-12-6-17-13(12)3-5-18(11(12)13)10-8-2-4-14-9(8)15-7-16-10/h2,4,7,11,17H,3,5-6H2,1H3,(H,14,15,16)/t11?,12-,13-/m0/s1. The molecule has 3 atom stereocenters. The van der Waals surface area contributed by atoms with Gasteiger partial charge in [0.15, 0.2) is 0 Å². The highest BCUT2D eigenvalue weighted by Crippen LogP contribution is 2.69. The number of anilines is 1. The molecule has 92 valence electrons. The van der Waals surface area contributed by atoms with E-state index in [1.807, 2.05) is 6.20 Å². The van der Waals surface area contributed by atoms with E-state index in [1.165, 1.54) is 6.42 Å². The molecule has 1 saturated carbocycles. The summed E-state index contributed by atoms with van der Waals surface area (Å²) in [4.78, 5) is 14.5. The van der Waals surface area contributed by atoms with Crippen LogP contribution in [0.15, 0.2) is 18.6 Å². The molecule has 2 aliphatic heterocycles. The molecule has 0 aromatic carbocycles. The predicted octanol–water partition coefficient (Wildman–Crippen LogP) is 0.898. The van der Waals surface area contributed by atoms with Crippen LogP contribution in [0.2, 0.25) is 0 Å². The van der Waals surface area contributed by atoms with E-state index in [2.05, 4.69) is 38.2 Å². The first-order valence-corrected chi connectivity index (χ1v) is 6.56. The maximum Gasteiger partial charge on any atom is 0.142 e. The topological polar surface area (TPSA) is 56.8 Å². The fourth-order valence-electron chi connectivity index (χ4n) is 4.38. The lowest BCUT2D eigenvalue weighted by atomic mass is 9.91. The van der Waals surface area contributed by atoms with Crippen molar-refractivity contribution in [3.63, 3.8) is 0 Å². The minimum Gasteiger partial charge on any atom is -0.350 e. The molecule has 3 aliphatic rings. The Morgan fingerprint density at radius 1 is 1.44 bits per heavy atom. The van der Waals surface area contributed by atoms with Gasteiger partial charge in [0.05, 0.1) is 11.4 Å². The van der Waals surface area contributed by atoms with Crippen LogP contribution in [0, 0.1) is 5.41 Å². The SMILES string of the molecule is C[C@@]12CN[C@]13CCN(c1ncnc4[nH]ccc14)C23. The molecule has 3 fully saturated rings. The number of hydrogen-bond acceptors (Lipinski definition) is 4. The van der Waals surface area contributed by atoms with Gasteiger partial charge < -0.3 is 15.2 Å². The lowest BCUT2D eigenvalue weighted by molar-refractivity contribution is 0.240. The maximum absolute atomic E-state index is 4.53. The van der Waals surface area contributed by atoms with Crippen LogP contribution >= 0.6 is 0 Å². The van der Waals surface area contributed by atoms with E-state index in [4.69, 9.17) is 0 Å². The van der Waals surface area contributed by atoms with Crippen molar-refractivity contribution in [3.8, 4) is 0 Å². The highest BCUT2D eigenvalue weighted by molar-refractivity contribution is 5.88. The van der Waals surface area contributed by atoms with Crippen molar-refractivity contribution in [2.45, 2.75) is 24.9 Å². The first-order valence-electron chi connectivity index (χ1n) is 6.56. The number of fused-ring (bicyclic) bond motifs is 2. The average Bonchev–Trinajstić information content (AvgIpc) is 2.89. The quantitative estimate of drug-likeness (QED) is 0.779. The Bertz CT molecular complexity index is 664. The number of nitrogens with zero attached hydrogens (tertiary/aromatic N) is 3. The van der Waals surface area contributed by atoms with Crippen molar-refractivity contribution in [1.82, 2.24) is 20.3 Å². The summed E-state index contributed by atoms with van der Waals surface area (Å²) in [7, 11) is 0. The zero-order chi connectivity index (χ0) is 12.0. The molecular formula is C13H15N5. The molecule has 5 heteroatoms. The molecule has 2 aromatic rings. The van der Waals surface area contributed by atoms with Gasteiger partial charge in [0.25, 0.3) is 0 Å². The van der Waals surface area contributed by atoms with E-state index in [0.29, 0.717) is 17.0 Å². The summed E-state index contributed by atoms with van der Waals surface area (Å²) in [5.41, 5.74) is 1.80. The fourth-order valence-corrected chi connectivity index (χ4v) is 4.38. The van der Waals surface area contributed by atoms with Gasteiger partial charge in [-0.25, -0.2) is 9.97 Å². The summed E-state index contributed by atoms with van der Waals surface area (Å²) < 4.78 is 0. The van der Waals surface area contributed by atoms with E-state index in [9.17, 15) is 0 Å². The van der Waals surface area contributed by atoms with Gasteiger partial charge in [0, 0.05) is 30.2 Å². The minimum atomic E-state index is 0.389. The molecular weight excluding hydrogens is 226 g/mol. The molecule has 0 amide bonds. The maximum atomic E-state index is 4.53. The van der Waals surface area contributed by atoms with Crippen molar-refractivity contribution in [3.05, 3.63) is 18.6 Å². The van der Waals surface area contributed by atoms with E-state index in [-0.39, 0.29) is 0 Å².